The number of cyclic esters (lactones) is 1. The lowest BCUT2D eigenvalue weighted by atomic mass is 9.95. The first-order valence-corrected chi connectivity index (χ1v) is 10.5. The Balaban J connectivity index is 1.66. The van der Waals surface area contributed by atoms with Gasteiger partial charge in [0.1, 0.15) is 47.6 Å². The minimum Gasteiger partial charge on any atom is -0.507 e. The third-order valence-corrected chi connectivity index (χ3v) is 5.51. The van der Waals surface area contributed by atoms with Crippen LogP contribution >= 0.6 is 0 Å². The second-order valence-corrected chi connectivity index (χ2v) is 7.63. The lowest BCUT2D eigenvalue weighted by Gasteiger charge is -2.28. The van der Waals surface area contributed by atoms with Crippen molar-refractivity contribution in [2.75, 3.05) is 25.7 Å². The zero-order valence-corrected chi connectivity index (χ0v) is 18.6. The Morgan fingerprint density at radius 3 is 2.41 bits per heavy atom. The molecule has 8 nitrogen and oxygen atoms in total. The van der Waals surface area contributed by atoms with Crippen molar-refractivity contribution in [1.82, 2.24) is 0 Å². The maximum absolute atomic E-state index is 14.0. The number of hydrogen-bond donors (Lipinski definition) is 2. The van der Waals surface area contributed by atoms with Crippen LogP contribution in [-0.2, 0) is 4.74 Å². The van der Waals surface area contributed by atoms with Crippen LogP contribution in [0.15, 0.2) is 66.7 Å². The SMILES string of the molecule is COc1cccc(OC[C@@H](O)[C@H]2OC(=O)N(c3cccc(F)c3)[C@@H]2c2ccc(OC)cc2O)c1. The molecule has 0 unspecified atom stereocenters. The molecule has 3 aromatic carbocycles. The standard InChI is InChI=1S/C25H24FNO7/c1-31-17-7-4-8-19(12-17)33-14-22(29)24-23(20-10-9-18(32-2)13-21(20)28)27(25(30)34-24)16-6-3-5-15(26)11-16/h3-13,22-24,28-29H,14H2,1-2H3/t22-,23-,24-/m1/s1. The van der Waals surface area contributed by atoms with Crippen LogP contribution in [0.4, 0.5) is 14.9 Å². The molecule has 0 bridgehead atoms. The first-order chi connectivity index (χ1) is 16.4. The summed E-state index contributed by atoms with van der Waals surface area (Å²) in [6.07, 6.45) is -3.20. The highest BCUT2D eigenvalue weighted by Gasteiger charge is 2.48. The quantitative estimate of drug-likeness (QED) is 0.514. The molecule has 1 aliphatic heterocycles. The summed E-state index contributed by atoms with van der Waals surface area (Å²) in [6.45, 7) is -0.213. The molecule has 0 aromatic heterocycles. The molecule has 1 heterocycles. The number of amides is 1. The summed E-state index contributed by atoms with van der Waals surface area (Å²) in [5.41, 5.74) is 0.509. The Kier molecular flexibility index (Phi) is 6.74. The number of ether oxygens (including phenoxy) is 4. The highest BCUT2D eigenvalue weighted by molar-refractivity contribution is 5.91. The number of benzene rings is 3. The number of aromatic hydroxyl groups is 1. The minimum atomic E-state index is -1.28. The number of halogens is 1. The number of rotatable bonds is 8. The fraction of sp³-hybridized carbons (Fsp3) is 0.240. The number of phenolic OH excluding ortho intramolecular Hbond substituents is 1. The van der Waals surface area contributed by atoms with Crippen LogP contribution in [0.3, 0.4) is 0 Å². The minimum absolute atomic E-state index is 0.171. The summed E-state index contributed by atoms with van der Waals surface area (Å²) in [5, 5.41) is 21.6. The highest BCUT2D eigenvalue weighted by Crippen LogP contribution is 2.43. The van der Waals surface area contributed by atoms with Crippen molar-refractivity contribution in [2.24, 2.45) is 0 Å². The Morgan fingerprint density at radius 1 is 1.00 bits per heavy atom. The van der Waals surface area contributed by atoms with Crippen molar-refractivity contribution in [3.63, 3.8) is 0 Å². The Hall–Kier alpha value is -3.98. The molecule has 178 valence electrons. The van der Waals surface area contributed by atoms with Crippen molar-refractivity contribution in [3.8, 4) is 23.0 Å². The molecular formula is C25H24FNO7. The predicted molar refractivity (Wildman–Crippen MR) is 121 cm³/mol. The lowest BCUT2D eigenvalue weighted by Crippen LogP contribution is -2.38. The molecule has 0 aliphatic carbocycles. The second kappa shape index (κ2) is 9.88. The van der Waals surface area contributed by atoms with Gasteiger partial charge in [-0.25, -0.2) is 9.18 Å². The molecular weight excluding hydrogens is 445 g/mol. The smallest absolute Gasteiger partial charge is 0.415 e. The van der Waals surface area contributed by atoms with Crippen LogP contribution in [0.5, 0.6) is 23.0 Å². The topological polar surface area (TPSA) is 97.7 Å². The molecule has 1 amide bonds. The third-order valence-electron chi connectivity index (χ3n) is 5.51. The average molecular weight is 469 g/mol. The molecule has 2 N–H and O–H groups in total. The van der Waals surface area contributed by atoms with Gasteiger partial charge in [0.05, 0.1) is 19.9 Å². The predicted octanol–water partition coefficient (Wildman–Crippen LogP) is 4.05. The average Bonchev–Trinajstić information content (AvgIpc) is 3.19. The second-order valence-electron chi connectivity index (χ2n) is 7.63. The van der Waals surface area contributed by atoms with E-state index in [1.54, 1.807) is 42.5 Å². The fourth-order valence-corrected chi connectivity index (χ4v) is 3.86. The Labute approximate surface area is 195 Å². The first-order valence-electron chi connectivity index (χ1n) is 10.5. The van der Waals surface area contributed by atoms with E-state index in [1.165, 1.54) is 43.4 Å². The molecule has 3 aromatic rings. The van der Waals surface area contributed by atoms with E-state index in [9.17, 15) is 19.4 Å². The molecule has 1 aliphatic rings. The van der Waals surface area contributed by atoms with Gasteiger partial charge in [-0.3, -0.25) is 4.90 Å². The van der Waals surface area contributed by atoms with Crippen molar-refractivity contribution in [3.05, 3.63) is 78.1 Å². The van der Waals surface area contributed by atoms with Crippen LogP contribution in [-0.4, -0.2) is 49.3 Å². The van der Waals surface area contributed by atoms with Gasteiger partial charge >= 0.3 is 6.09 Å². The van der Waals surface area contributed by atoms with Gasteiger partial charge in [-0.2, -0.15) is 0 Å². The van der Waals surface area contributed by atoms with Crippen LogP contribution in [0.25, 0.3) is 0 Å². The van der Waals surface area contributed by atoms with E-state index < -0.39 is 30.2 Å². The molecule has 1 saturated heterocycles. The molecule has 0 radical (unpaired) electrons. The van der Waals surface area contributed by atoms with E-state index >= 15 is 0 Å². The number of methoxy groups -OCH3 is 2. The molecule has 3 atom stereocenters. The normalized spacial score (nSPS) is 18.4. The summed E-state index contributed by atoms with van der Waals surface area (Å²) in [7, 11) is 2.98. The summed E-state index contributed by atoms with van der Waals surface area (Å²) in [6, 6.07) is 15.9. The number of anilines is 1. The molecule has 0 saturated carbocycles. The van der Waals surface area contributed by atoms with E-state index in [0.29, 0.717) is 22.8 Å². The molecule has 4 rings (SSSR count). The lowest BCUT2D eigenvalue weighted by molar-refractivity contribution is -0.00671. The van der Waals surface area contributed by atoms with Gasteiger partial charge in [0, 0.05) is 17.7 Å². The molecule has 9 heteroatoms. The zero-order valence-electron chi connectivity index (χ0n) is 18.6. The van der Waals surface area contributed by atoms with E-state index in [-0.39, 0.29) is 18.0 Å². The Morgan fingerprint density at radius 2 is 1.71 bits per heavy atom. The fourth-order valence-electron chi connectivity index (χ4n) is 3.86. The van der Waals surface area contributed by atoms with Crippen LogP contribution in [0.1, 0.15) is 11.6 Å². The number of carbonyl (C=O) groups is 1. The number of nitrogens with zero attached hydrogens (tertiary/aromatic N) is 1. The van der Waals surface area contributed by atoms with E-state index in [2.05, 4.69) is 0 Å². The van der Waals surface area contributed by atoms with E-state index in [1.807, 2.05) is 0 Å². The maximum Gasteiger partial charge on any atom is 0.415 e. The van der Waals surface area contributed by atoms with Crippen LogP contribution in [0.2, 0.25) is 0 Å². The van der Waals surface area contributed by atoms with Gasteiger partial charge < -0.3 is 29.2 Å². The van der Waals surface area contributed by atoms with E-state index in [4.69, 9.17) is 18.9 Å². The van der Waals surface area contributed by atoms with Crippen LogP contribution < -0.4 is 19.1 Å². The highest BCUT2D eigenvalue weighted by atomic mass is 19.1. The maximum atomic E-state index is 14.0. The third kappa shape index (κ3) is 4.69. The summed E-state index contributed by atoms with van der Waals surface area (Å²) in [5.74, 6) is 0.719. The number of aliphatic hydroxyl groups excluding tert-OH is 1. The summed E-state index contributed by atoms with van der Waals surface area (Å²) < 4.78 is 35.5. The monoisotopic (exact) mass is 469 g/mol. The van der Waals surface area contributed by atoms with Crippen LogP contribution in [0, 0.1) is 5.82 Å². The van der Waals surface area contributed by atoms with E-state index in [0.717, 1.165) is 0 Å². The van der Waals surface area contributed by atoms with Gasteiger partial charge in [0.15, 0.2) is 6.10 Å². The number of phenols is 1. The molecule has 34 heavy (non-hydrogen) atoms. The molecule has 0 spiro atoms. The molecule has 1 fully saturated rings. The van der Waals surface area contributed by atoms with Gasteiger partial charge in [-0.15, -0.1) is 0 Å². The van der Waals surface area contributed by atoms with Gasteiger partial charge in [0.25, 0.3) is 0 Å². The van der Waals surface area contributed by atoms with Gasteiger partial charge in [-0.1, -0.05) is 12.1 Å². The Bertz CT molecular complexity index is 1170. The van der Waals surface area contributed by atoms with Crippen molar-refractivity contribution >= 4 is 11.8 Å². The van der Waals surface area contributed by atoms with Gasteiger partial charge in [-0.05, 0) is 42.5 Å². The first kappa shape index (κ1) is 23.2. The van der Waals surface area contributed by atoms with Crippen molar-refractivity contribution < 1.29 is 38.3 Å². The van der Waals surface area contributed by atoms with Crippen molar-refractivity contribution in [2.45, 2.75) is 18.2 Å². The summed E-state index contributed by atoms with van der Waals surface area (Å²) in [4.78, 5) is 14.1. The zero-order chi connectivity index (χ0) is 24.2. The largest absolute Gasteiger partial charge is 0.507 e. The number of hydrogen-bond acceptors (Lipinski definition) is 7. The van der Waals surface area contributed by atoms with Crippen molar-refractivity contribution in [1.29, 1.82) is 0 Å². The number of aliphatic hydroxyl groups is 1. The number of carbonyl (C=O) groups excluding carboxylic acids is 1. The van der Waals surface area contributed by atoms with Gasteiger partial charge in [0.2, 0.25) is 0 Å². The summed E-state index contributed by atoms with van der Waals surface area (Å²) >= 11 is 0.